The highest BCUT2D eigenvalue weighted by atomic mass is 79.9. The van der Waals surface area contributed by atoms with Crippen LogP contribution in [0.5, 0.6) is 0 Å². The van der Waals surface area contributed by atoms with Gasteiger partial charge in [-0.2, -0.15) is 0 Å². The number of nitrogens with one attached hydrogen (secondary N) is 1. The number of hydrogen-bond acceptors (Lipinski definition) is 1. The van der Waals surface area contributed by atoms with Gasteiger partial charge in [0, 0.05) is 12.1 Å². The Kier molecular flexibility index (Phi) is 5.42. The van der Waals surface area contributed by atoms with Crippen LogP contribution >= 0.6 is 15.9 Å². The molecule has 0 fully saturated rings. The van der Waals surface area contributed by atoms with Gasteiger partial charge in [0.25, 0.3) is 0 Å². The number of halogens is 2. The molecule has 0 amide bonds. The van der Waals surface area contributed by atoms with Crippen molar-refractivity contribution in [1.82, 2.24) is 5.32 Å². The van der Waals surface area contributed by atoms with E-state index in [4.69, 9.17) is 0 Å². The molecule has 1 rings (SSSR count). The molecule has 0 aliphatic carbocycles. The molecule has 0 radical (unpaired) electrons. The van der Waals surface area contributed by atoms with Crippen molar-refractivity contribution in [2.45, 2.75) is 45.7 Å². The van der Waals surface area contributed by atoms with Crippen LogP contribution in [0, 0.1) is 5.82 Å². The van der Waals surface area contributed by atoms with Crippen molar-refractivity contribution < 1.29 is 4.39 Å². The van der Waals surface area contributed by atoms with E-state index in [-0.39, 0.29) is 11.9 Å². The third kappa shape index (κ3) is 3.87. The molecule has 0 spiro atoms. The summed E-state index contributed by atoms with van der Waals surface area (Å²) in [6, 6.07) is 5.91. The summed E-state index contributed by atoms with van der Waals surface area (Å²) in [5.41, 5.74) is 1.11. The van der Waals surface area contributed by atoms with Gasteiger partial charge in [-0.1, -0.05) is 19.4 Å². The Labute approximate surface area is 106 Å². The highest BCUT2D eigenvalue weighted by molar-refractivity contribution is 9.10. The number of benzene rings is 1. The largest absolute Gasteiger partial charge is 0.308 e. The first kappa shape index (κ1) is 13.7. The summed E-state index contributed by atoms with van der Waals surface area (Å²) >= 11 is 3.21. The standard InChI is InChI=1S/C13H19BrFN/c1-4-5-9(2)16-10(3)11-6-7-13(15)12(14)8-11/h6-10,16H,4-5H2,1-3H3. The quantitative estimate of drug-likeness (QED) is 0.845. The first-order valence-corrected chi connectivity index (χ1v) is 6.55. The first-order valence-electron chi connectivity index (χ1n) is 5.75. The molecule has 0 aliphatic rings. The fourth-order valence-electron chi connectivity index (χ4n) is 1.82. The van der Waals surface area contributed by atoms with E-state index in [0.717, 1.165) is 12.0 Å². The summed E-state index contributed by atoms with van der Waals surface area (Å²) in [6.45, 7) is 6.46. The second kappa shape index (κ2) is 6.36. The lowest BCUT2D eigenvalue weighted by molar-refractivity contribution is 0.452. The lowest BCUT2D eigenvalue weighted by Crippen LogP contribution is -2.28. The number of hydrogen-bond donors (Lipinski definition) is 1. The van der Waals surface area contributed by atoms with E-state index in [1.165, 1.54) is 12.5 Å². The predicted octanol–water partition coefficient (Wildman–Crippen LogP) is 4.43. The third-order valence-electron chi connectivity index (χ3n) is 2.70. The van der Waals surface area contributed by atoms with Crippen LogP contribution in [0.15, 0.2) is 22.7 Å². The maximum Gasteiger partial charge on any atom is 0.137 e. The van der Waals surface area contributed by atoms with E-state index >= 15 is 0 Å². The Morgan fingerprint density at radius 3 is 2.62 bits per heavy atom. The lowest BCUT2D eigenvalue weighted by Gasteiger charge is -2.20. The molecule has 2 atom stereocenters. The summed E-state index contributed by atoms with van der Waals surface area (Å²) in [7, 11) is 0. The molecule has 0 bridgehead atoms. The molecule has 0 aliphatic heterocycles. The zero-order valence-electron chi connectivity index (χ0n) is 10.1. The van der Waals surface area contributed by atoms with Crippen LogP contribution in [-0.2, 0) is 0 Å². The monoisotopic (exact) mass is 287 g/mol. The van der Waals surface area contributed by atoms with Crippen LogP contribution in [0.25, 0.3) is 0 Å². The molecular formula is C13H19BrFN. The zero-order chi connectivity index (χ0) is 12.1. The van der Waals surface area contributed by atoms with Crippen molar-refractivity contribution in [3.05, 3.63) is 34.1 Å². The molecule has 16 heavy (non-hydrogen) atoms. The molecule has 2 unspecified atom stereocenters. The molecule has 0 heterocycles. The molecular weight excluding hydrogens is 269 g/mol. The maximum atomic E-state index is 13.1. The summed E-state index contributed by atoms with van der Waals surface area (Å²) < 4.78 is 13.6. The molecule has 1 aromatic carbocycles. The summed E-state index contributed by atoms with van der Waals surface area (Å²) in [5, 5.41) is 3.50. The average molecular weight is 288 g/mol. The van der Waals surface area contributed by atoms with E-state index < -0.39 is 0 Å². The second-order valence-electron chi connectivity index (χ2n) is 4.25. The Morgan fingerprint density at radius 2 is 2.06 bits per heavy atom. The van der Waals surface area contributed by atoms with Gasteiger partial charge in [-0.25, -0.2) is 4.39 Å². The third-order valence-corrected chi connectivity index (χ3v) is 3.31. The maximum absolute atomic E-state index is 13.1. The normalized spacial score (nSPS) is 14.8. The molecule has 1 aromatic rings. The van der Waals surface area contributed by atoms with Gasteiger partial charge < -0.3 is 5.32 Å². The summed E-state index contributed by atoms with van der Waals surface area (Å²) in [6.07, 6.45) is 2.33. The van der Waals surface area contributed by atoms with E-state index in [0.29, 0.717) is 10.5 Å². The van der Waals surface area contributed by atoms with Crippen LogP contribution in [-0.4, -0.2) is 6.04 Å². The molecule has 0 saturated carbocycles. The topological polar surface area (TPSA) is 12.0 Å². The van der Waals surface area contributed by atoms with Gasteiger partial charge in [0.15, 0.2) is 0 Å². The fraction of sp³-hybridized carbons (Fsp3) is 0.538. The smallest absolute Gasteiger partial charge is 0.137 e. The van der Waals surface area contributed by atoms with Crippen molar-refractivity contribution in [3.63, 3.8) is 0 Å². The van der Waals surface area contributed by atoms with Gasteiger partial charge in [0.1, 0.15) is 5.82 Å². The Balaban J connectivity index is 2.65. The van der Waals surface area contributed by atoms with Gasteiger partial charge in [0.05, 0.1) is 4.47 Å². The fourth-order valence-corrected chi connectivity index (χ4v) is 2.22. The van der Waals surface area contributed by atoms with E-state index in [1.54, 1.807) is 0 Å². The second-order valence-corrected chi connectivity index (χ2v) is 5.11. The average Bonchev–Trinajstić information content (AvgIpc) is 2.22. The lowest BCUT2D eigenvalue weighted by atomic mass is 10.1. The SMILES string of the molecule is CCCC(C)NC(C)c1ccc(F)c(Br)c1. The van der Waals surface area contributed by atoms with Crippen LogP contribution in [0.1, 0.15) is 45.2 Å². The molecule has 1 N–H and O–H groups in total. The molecule has 90 valence electrons. The molecule has 3 heteroatoms. The van der Waals surface area contributed by atoms with Gasteiger partial charge in [0.2, 0.25) is 0 Å². The van der Waals surface area contributed by atoms with E-state index in [1.807, 2.05) is 12.1 Å². The Bertz CT molecular complexity index is 341. The minimum atomic E-state index is -0.211. The van der Waals surface area contributed by atoms with Gasteiger partial charge in [-0.3, -0.25) is 0 Å². The highest BCUT2D eigenvalue weighted by Gasteiger charge is 2.10. The molecule has 1 nitrogen and oxygen atoms in total. The number of rotatable bonds is 5. The van der Waals surface area contributed by atoms with Gasteiger partial charge in [-0.05, 0) is 53.9 Å². The molecule has 0 aromatic heterocycles. The Hall–Kier alpha value is -0.410. The minimum Gasteiger partial charge on any atom is -0.308 e. The van der Waals surface area contributed by atoms with Crippen molar-refractivity contribution in [2.24, 2.45) is 0 Å². The first-order chi connectivity index (χ1) is 7.54. The summed E-state index contributed by atoms with van der Waals surface area (Å²) in [5.74, 6) is -0.211. The zero-order valence-corrected chi connectivity index (χ0v) is 11.6. The van der Waals surface area contributed by atoms with E-state index in [9.17, 15) is 4.39 Å². The highest BCUT2D eigenvalue weighted by Crippen LogP contribution is 2.21. The van der Waals surface area contributed by atoms with Crippen LogP contribution in [0.2, 0.25) is 0 Å². The summed E-state index contributed by atoms with van der Waals surface area (Å²) in [4.78, 5) is 0. The van der Waals surface area contributed by atoms with Crippen LogP contribution in [0.4, 0.5) is 4.39 Å². The van der Waals surface area contributed by atoms with Gasteiger partial charge in [-0.15, -0.1) is 0 Å². The minimum absolute atomic E-state index is 0.211. The van der Waals surface area contributed by atoms with E-state index in [2.05, 4.69) is 42.0 Å². The van der Waals surface area contributed by atoms with Crippen molar-refractivity contribution in [2.75, 3.05) is 0 Å². The van der Waals surface area contributed by atoms with Crippen LogP contribution in [0.3, 0.4) is 0 Å². The van der Waals surface area contributed by atoms with Crippen molar-refractivity contribution >= 4 is 15.9 Å². The van der Waals surface area contributed by atoms with Crippen molar-refractivity contribution in [1.29, 1.82) is 0 Å². The van der Waals surface area contributed by atoms with Gasteiger partial charge >= 0.3 is 0 Å². The van der Waals surface area contributed by atoms with Crippen molar-refractivity contribution in [3.8, 4) is 0 Å². The predicted molar refractivity (Wildman–Crippen MR) is 70.0 cm³/mol. The Morgan fingerprint density at radius 1 is 1.38 bits per heavy atom. The molecule has 0 saturated heterocycles. The van der Waals surface area contributed by atoms with Crippen LogP contribution < -0.4 is 5.32 Å².